The van der Waals surface area contributed by atoms with Crippen LogP contribution in [-0.2, 0) is 14.3 Å². The van der Waals surface area contributed by atoms with Gasteiger partial charge in [0.15, 0.2) is 11.6 Å². The van der Waals surface area contributed by atoms with E-state index in [2.05, 4.69) is 10.3 Å². The summed E-state index contributed by atoms with van der Waals surface area (Å²) in [4.78, 5) is 14.8. The summed E-state index contributed by atoms with van der Waals surface area (Å²) < 4.78 is 10.1. The maximum absolute atomic E-state index is 10.8. The van der Waals surface area contributed by atoms with Crippen LogP contribution in [0, 0.1) is 0 Å². The number of amidine groups is 1. The zero-order valence-corrected chi connectivity index (χ0v) is 8.90. The van der Waals surface area contributed by atoms with Gasteiger partial charge in [0.2, 0.25) is 5.84 Å². The van der Waals surface area contributed by atoms with Crippen LogP contribution in [0.15, 0.2) is 17.0 Å². The summed E-state index contributed by atoms with van der Waals surface area (Å²) >= 11 is 0. The molecule has 1 aliphatic rings. The molecular formula is C9H14N2O4. The fourth-order valence-corrected chi connectivity index (χ4v) is 1.25. The van der Waals surface area contributed by atoms with Crippen LogP contribution in [0.3, 0.4) is 0 Å². The number of carbonyl (C=O) groups is 1. The van der Waals surface area contributed by atoms with Crippen molar-refractivity contribution < 1.29 is 19.4 Å². The van der Waals surface area contributed by atoms with Gasteiger partial charge >= 0.3 is 5.97 Å². The lowest BCUT2D eigenvalue weighted by Gasteiger charge is -2.28. The molecule has 1 aliphatic heterocycles. The Morgan fingerprint density at radius 1 is 1.67 bits per heavy atom. The van der Waals surface area contributed by atoms with E-state index in [0.29, 0.717) is 12.3 Å². The maximum atomic E-state index is 10.8. The summed E-state index contributed by atoms with van der Waals surface area (Å²) in [7, 11) is 2.92. The van der Waals surface area contributed by atoms with Gasteiger partial charge in [-0.1, -0.05) is 6.92 Å². The van der Waals surface area contributed by atoms with Crippen LogP contribution in [0.2, 0.25) is 0 Å². The van der Waals surface area contributed by atoms with Gasteiger partial charge in [-0.05, 0) is 6.42 Å². The van der Waals surface area contributed by atoms with Gasteiger partial charge < -0.3 is 19.9 Å². The Morgan fingerprint density at radius 2 is 2.33 bits per heavy atom. The Hall–Kier alpha value is -1.56. The van der Waals surface area contributed by atoms with Gasteiger partial charge in [-0.2, -0.15) is 0 Å². The van der Waals surface area contributed by atoms with E-state index >= 15 is 0 Å². The molecule has 84 valence electrons. The van der Waals surface area contributed by atoms with Crippen LogP contribution in [-0.4, -0.2) is 36.9 Å². The Kier molecular flexibility index (Phi) is 3.31. The van der Waals surface area contributed by atoms with E-state index in [1.54, 1.807) is 6.08 Å². The van der Waals surface area contributed by atoms with E-state index in [1.807, 2.05) is 6.92 Å². The molecule has 1 atom stereocenters. The first-order valence-electron chi connectivity index (χ1n) is 4.49. The normalized spacial score (nSPS) is 25.0. The van der Waals surface area contributed by atoms with E-state index in [-0.39, 0.29) is 5.84 Å². The maximum Gasteiger partial charge on any atom is 0.371 e. The van der Waals surface area contributed by atoms with E-state index in [0.717, 1.165) is 0 Å². The molecule has 0 fully saturated rings. The molecule has 6 nitrogen and oxygen atoms in total. The average molecular weight is 214 g/mol. The molecule has 0 saturated heterocycles. The third-order valence-electron chi connectivity index (χ3n) is 2.18. The molecule has 0 aromatic rings. The predicted molar refractivity (Wildman–Crippen MR) is 53.3 cm³/mol. The lowest BCUT2D eigenvalue weighted by molar-refractivity contribution is -0.129. The molecule has 2 N–H and O–H groups in total. The second-order valence-electron chi connectivity index (χ2n) is 3.01. The molecule has 0 radical (unpaired) electrons. The van der Waals surface area contributed by atoms with Gasteiger partial charge in [0, 0.05) is 13.2 Å². The van der Waals surface area contributed by atoms with Gasteiger partial charge in [-0.3, -0.25) is 0 Å². The molecule has 0 amide bonds. The topological polar surface area (TPSA) is 80.2 Å². The highest BCUT2D eigenvalue weighted by atomic mass is 16.5. The van der Waals surface area contributed by atoms with Crippen LogP contribution in [0.1, 0.15) is 13.3 Å². The summed E-state index contributed by atoms with van der Waals surface area (Å²) in [6.45, 7) is 1.85. The number of hydrogen-bond donors (Lipinski definition) is 2. The van der Waals surface area contributed by atoms with Crippen LogP contribution in [0.5, 0.6) is 0 Å². The Bertz CT molecular complexity index is 318. The van der Waals surface area contributed by atoms with Crippen molar-refractivity contribution in [3.8, 4) is 0 Å². The molecule has 1 rings (SSSR count). The molecular weight excluding hydrogens is 200 g/mol. The first kappa shape index (κ1) is 11.5. The fraction of sp³-hybridized carbons (Fsp3) is 0.556. The van der Waals surface area contributed by atoms with Crippen molar-refractivity contribution in [1.82, 2.24) is 5.32 Å². The van der Waals surface area contributed by atoms with Gasteiger partial charge in [0.25, 0.3) is 0 Å². The first-order valence-corrected chi connectivity index (χ1v) is 4.49. The average Bonchev–Trinajstić information content (AvgIpc) is 2.28. The lowest BCUT2D eigenvalue weighted by Crippen LogP contribution is -2.42. The smallest absolute Gasteiger partial charge is 0.371 e. The summed E-state index contributed by atoms with van der Waals surface area (Å²) in [6.07, 6.45) is 2.13. The number of nitrogens with one attached hydrogen (secondary N) is 1. The largest absolute Gasteiger partial charge is 0.482 e. The quantitative estimate of drug-likeness (QED) is 0.704. The highest BCUT2D eigenvalue weighted by Gasteiger charge is 2.32. The minimum absolute atomic E-state index is 0.182. The summed E-state index contributed by atoms with van der Waals surface area (Å²) in [5.74, 6) is -1.00. The van der Waals surface area contributed by atoms with Crippen molar-refractivity contribution in [3.63, 3.8) is 0 Å². The number of hydrogen-bond acceptors (Lipinski definition) is 5. The SMILES string of the molecule is CCC1(OC)C=C(OC)NC(C(=O)O)=N1. The van der Waals surface area contributed by atoms with Crippen LogP contribution in [0.4, 0.5) is 0 Å². The minimum atomic E-state index is -1.15. The zero-order valence-electron chi connectivity index (χ0n) is 8.90. The summed E-state index contributed by atoms with van der Waals surface area (Å²) in [5.41, 5.74) is -0.954. The second-order valence-corrected chi connectivity index (χ2v) is 3.01. The van der Waals surface area contributed by atoms with Crippen molar-refractivity contribution in [2.45, 2.75) is 19.1 Å². The van der Waals surface area contributed by atoms with E-state index in [9.17, 15) is 4.79 Å². The summed E-state index contributed by atoms with van der Waals surface area (Å²) in [5, 5.41) is 11.4. The number of aliphatic imine (C=N–C) groups is 1. The van der Waals surface area contributed by atoms with Crippen molar-refractivity contribution in [1.29, 1.82) is 0 Å². The molecule has 0 aliphatic carbocycles. The minimum Gasteiger partial charge on any atom is -0.482 e. The molecule has 0 spiro atoms. The van der Waals surface area contributed by atoms with Crippen molar-refractivity contribution in [2.24, 2.45) is 4.99 Å². The van der Waals surface area contributed by atoms with Crippen molar-refractivity contribution in [3.05, 3.63) is 12.0 Å². The Labute approximate surface area is 87.6 Å². The number of ether oxygens (including phenoxy) is 2. The molecule has 0 aromatic heterocycles. The number of rotatable bonds is 4. The second kappa shape index (κ2) is 4.31. The van der Waals surface area contributed by atoms with Gasteiger partial charge in [-0.15, -0.1) is 0 Å². The van der Waals surface area contributed by atoms with Crippen molar-refractivity contribution >= 4 is 11.8 Å². The number of carboxylic acid groups (broad SMARTS) is 1. The molecule has 0 bridgehead atoms. The number of nitrogens with zero attached hydrogens (tertiary/aromatic N) is 1. The third kappa shape index (κ3) is 2.27. The van der Waals surface area contributed by atoms with E-state index in [4.69, 9.17) is 14.6 Å². The lowest BCUT2D eigenvalue weighted by atomic mass is 10.1. The zero-order chi connectivity index (χ0) is 11.5. The summed E-state index contributed by atoms with van der Waals surface area (Å²) in [6, 6.07) is 0. The van der Waals surface area contributed by atoms with E-state index < -0.39 is 11.7 Å². The number of carboxylic acids is 1. The Balaban J connectivity index is 3.07. The highest BCUT2D eigenvalue weighted by molar-refractivity contribution is 6.35. The predicted octanol–water partition coefficient (Wildman–Crippen LogP) is 0.313. The van der Waals surface area contributed by atoms with Crippen LogP contribution >= 0.6 is 0 Å². The van der Waals surface area contributed by atoms with Gasteiger partial charge in [-0.25, -0.2) is 9.79 Å². The number of methoxy groups -OCH3 is 2. The van der Waals surface area contributed by atoms with Gasteiger partial charge in [0.1, 0.15) is 0 Å². The molecule has 6 heteroatoms. The molecule has 1 heterocycles. The number of aliphatic carboxylic acids is 1. The van der Waals surface area contributed by atoms with Crippen LogP contribution < -0.4 is 5.32 Å². The monoisotopic (exact) mass is 214 g/mol. The first-order chi connectivity index (χ1) is 7.06. The Morgan fingerprint density at radius 3 is 2.73 bits per heavy atom. The van der Waals surface area contributed by atoms with Crippen LogP contribution in [0.25, 0.3) is 0 Å². The van der Waals surface area contributed by atoms with Gasteiger partial charge in [0.05, 0.1) is 7.11 Å². The molecule has 15 heavy (non-hydrogen) atoms. The molecule has 0 saturated carbocycles. The van der Waals surface area contributed by atoms with Crippen molar-refractivity contribution in [2.75, 3.05) is 14.2 Å². The third-order valence-corrected chi connectivity index (χ3v) is 2.18. The molecule has 1 unspecified atom stereocenters. The standard InChI is InChI=1S/C9H14N2O4/c1-4-9(15-3)5-6(14-2)10-7(11-9)8(12)13/h5H,4H2,1-3H3,(H,10,11)(H,12,13). The fourth-order valence-electron chi connectivity index (χ4n) is 1.25. The van der Waals surface area contributed by atoms with E-state index in [1.165, 1.54) is 14.2 Å². The highest BCUT2D eigenvalue weighted by Crippen LogP contribution is 2.23. The molecule has 0 aromatic carbocycles.